The molecule has 0 spiro atoms. The van der Waals surface area contributed by atoms with Crippen LogP contribution >= 0.6 is 12.4 Å². The van der Waals surface area contributed by atoms with Crippen LogP contribution in [0.25, 0.3) is 0 Å². The van der Waals surface area contributed by atoms with Gasteiger partial charge >= 0.3 is 0 Å². The highest BCUT2D eigenvalue weighted by Crippen LogP contribution is 2.19. The molecule has 6 heteroatoms. The van der Waals surface area contributed by atoms with Gasteiger partial charge in [0.1, 0.15) is 0 Å². The summed E-state index contributed by atoms with van der Waals surface area (Å²) in [7, 11) is 2.00. The van der Waals surface area contributed by atoms with Gasteiger partial charge in [0.15, 0.2) is 5.82 Å². The summed E-state index contributed by atoms with van der Waals surface area (Å²) < 4.78 is 5.29. The van der Waals surface area contributed by atoms with Crippen LogP contribution in [0.5, 0.6) is 0 Å². The number of rotatable bonds is 5. The van der Waals surface area contributed by atoms with Crippen molar-refractivity contribution in [3.63, 3.8) is 0 Å². The molecule has 104 valence electrons. The molecule has 1 aromatic heterocycles. The number of likely N-dealkylation sites (N-methyl/N-ethyl adjacent to an activating group) is 1. The summed E-state index contributed by atoms with van der Waals surface area (Å²) in [6.45, 7) is 7.10. The number of hydrogen-bond acceptors (Lipinski definition) is 5. The second-order valence-corrected chi connectivity index (χ2v) is 5.03. The molecule has 1 aliphatic rings. The molecule has 0 saturated carbocycles. The summed E-state index contributed by atoms with van der Waals surface area (Å²) in [5.41, 5.74) is 0. The maximum atomic E-state index is 5.29. The smallest absolute Gasteiger partial charge is 0.240 e. The van der Waals surface area contributed by atoms with E-state index in [0.717, 1.165) is 31.3 Å². The Kier molecular flexibility index (Phi) is 6.05. The predicted octanol–water partition coefficient (Wildman–Crippen LogP) is 1.80. The van der Waals surface area contributed by atoms with E-state index in [2.05, 4.69) is 34.2 Å². The van der Waals surface area contributed by atoms with Gasteiger partial charge in [-0.1, -0.05) is 19.0 Å². The van der Waals surface area contributed by atoms with Crippen LogP contribution in [0.3, 0.4) is 0 Å². The highest BCUT2D eigenvalue weighted by Gasteiger charge is 2.25. The number of nitrogens with one attached hydrogen (secondary N) is 1. The Balaban J connectivity index is 0.00000162. The van der Waals surface area contributed by atoms with Gasteiger partial charge < -0.3 is 9.84 Å². The minimum absolute atomic E-state index is 0. The Labute approximate surface area is 115 Å². The third kappa shape index (κ3) is 3.67. The molecule has 1 saturated heterocycles. The lowest BCUT2D eigenvalue weighted by Gasteiger charge is -2.22. The van der Waals surface area contributed by atoms with Crippen LogP contribution in [-0.2, 0) is 6.54 Å². The Morgan fingerprint density at radius 1 is 1.50 bits per heavy atom. The highest BCUT2D eigenvalue weighted by atomic mass is 35.5. The van der Waals surface area contributed by atoms with Crippen molar-refractivity contribution in [2.45, 2.75) is 45.2 Å². The molecule has 2 rings (SSSR count). The van der Waals surface area contributed by atoms with Gasteiger partial charge in [0, 0.05) is 18.5 Å². The van der Waals surface area contributed by atoms with E-state index in [0.29, 0.717) is 12.0 Å². The zero-order valence-electron chi connectivity index (χ0n) is 11.3. The summed E-state index contributed by atoms with van der Waals surface area (Å²) in [6, 6.07) is 0.606. The minimum atomic E-state index is 0. The Morgan fingerprint density at radius 2 is 2.28 bits per heavy atom. The molecular formula is C12H23ClN4O. The van der Waals surface area contributed by atoms with Crippen LogP contribution in [0.1, 0.15) is 44.3 Å². The first kappa shape index (κ1) is 15.4. The lowest BCUT2D eigenvalue weighted by Crippen LogP contribution is -2.36. The molecule has 1 N–H and O–H groups in total. The average Bonchev–Trinajstić information content (AvgIpc) is 2.90. The van der Waals surface area contributed by atoms with Gasteiger partial charge in [0.2, 0.25) is 5.89 Å². The van der Waals surface area contributed by atoms with Crippen LogP contribution in [0.15, 0.2) is 4.52 Å². The maximum absolute atomic E-state index is 5.29. The Bertz CT molecular complexity index is 356. The molecule has 1 fully saturated rings. The van der Waals surface area contributed by atoms with Gasteiger partial charge in [0.05, 0.1) is 6.54 Å². The van der Waals surface area contributed by atoms with Crippen molar-refractivity contribution < 1.29 is 4.52 Å². The lowest BCUT2D eigenvalue weighted by atomic mass is 10.2. The van der Waals surface area contributed by atoms with Crippen LogP contribution in [0.2, 0.25) is 0 Å². The van der Waals surface area contributed by atoms with Gasteiger partial charge in [-0.2, -0.15) is 4.98 Å². The molecule has 0 radical (unpaired) electrons. The molecule has 0 aliphatic carbocycles. The van der Waals surface area contributed by atoms with Crippen LogP contribution in [0.4, 0.5) is 0 Å². The zero-order valence-corrected chi connectivity index (χ0v) is 12.2. The van der Waals surface area contributed by atoms with Crippen molar-refractivity contribution in [1.29, 1.82) is 0 Å². The summed E-state index contributed by atoms with van der Waals surface area (Å²) in [4.78, 5) is 6.85. The van der Waals surface area contributed by atoms with E-state index in [4.69, 9.17) is 4.52 Å². The number of hydrogen-bond donors (Lipinski definition) is 1. The van der Waals surface area contributed by atoms with E-state index >= 15 is 0 Å². The van der Waals surface area contributed by atoms with E-state index < -0.39 is 0 Å². The molecule has 2 heterocycles. The van der Waals surface area contributed by atoms with Gasteiger partial charge in [-0.3, -0.25) is 4.90 Å². The third-order valence-electron chi connectivity index (χ3n) is 3.28. The molecular weight excluding hydrogens is 252 g/mol. The first-order valence-electron chi connectivity index (χ1n) is 6.42. The fourth-order valence-corrected chi connectivity index (χ4v) is 2.31. The summed E-state index contributed by atoms with van der Waals surface area (Å²) >= 11 is 0. The normalized spacial score (nSPS) is 20.3. The second kappa shape index (κ2) is 7.07. The van der Waals surface area contributed by atoms with Gasteiger partial charge in [-0.05, 0) is 26.4 Å². The van der Waals surface area contributed by atoms with Crippen molar-refractivity contribution in [2.75, 3.05) is 20.1 Å². The van der Waals surface area contributed by atoms with Crippen LogP contribution in [0, 0.1) is 0 Å². The highest BCUT2D eigenvalue weighted by molar-refractivity contribution is 5.85. The van der Waals surface area contributed by atoms with E-state index in [1.165, 1.54) is 12.8 Å². The molecule has 1 unspecified atom stereocenters. The molecule has 1 aliphatic heterocycles. The Hall–Kier alpha value is -0.650. The predicted molar refractivity (Wildman–Crippen MR) is 73.0 cm³/mol. The largest absolute Gasteiger partial charge is 0.338 e. The van der Waals surface area contributed by atoms with E-state index in [1.807, 2.05) is 7.05 Å². The summed E-state index contributed by atoms with van der Waals surface area (Å²) in [5.74, 6) is 1.89. The monoisotopic (exact) mass is 274 g/mol. The van der Waals surface area contributed by atoms with Crippen molar-refractivity contribution in [2.24, 2.45) is 0 Å². The van der Waals surface area contributed by atoms with Gasteiger partial charge in [-0.25, -0.2) is 0 Å². The summed E-state index contributed by atoms with van der Waals surface area (Å²) in [6.07, 6.45) is 2.52. The zero-order chi connectivity index (χ0) is 12.3. The molecule has 1 atom stereocenters. The average molecular weight is 275 g/mol. The van der Waals surface area contributed by atoms with Crippen LogP contribution in [-0.4, -0.2) is 41.2 Å². The standard InChI is InChI=1S/C12H22N4O.ClH/c1-9(2)12-14-11(17-15-12)8-16-6-4-5-10(16)7-13-3;/h9-10,13H,4-8H2,1-3H3;1H. The minimum Gasteiger partial charge on any atom is -0.338 e. The first-order valence-corrected chi connectivity index (χ1v) is 6.42. The number of nitrogens with zero attached hydrogens (tertiary/aromatic N) is 3. The Morgan fingerprint density at radius 3 is 2.89 bits per heavy atom. The van der Waals surface area contributed by atoms with Gasteiger partial charge in [0.25, 0.3) is 0 Å². The van der Waals surface area contributed by atoms with E-state index in [9.17, 15) is 0 Å². The van der Waals surface area contributed by atoms with Crippen molar-refractivity contribution in [1.82, 2.24) is 20.4 Å². The maximum Gasteiger partial charge on any atom is 0.240 e. The van der Waals surface area contributed by atoms with Crippen molar-refractivity contribution in [3.8, 4) is 0 Å². The summed E-state index contributed by atoms with van der Waals surface area (Å²) in [5, 5.41) is 7.24. The molecule has 18 heavy (non-hydrogen) atoms. The first-order chi connectivity index (χ1) is 8.20. The van der Waals surface area contributed by atoms with E-state index in [1.54, 1.807) is 0 Å². The number of halogens is 1. The molecule has 5 nitrogen and oxygen atoms in total. The fourth-order valence-electron chi connectivity index (χ4n) is 2.31. The SMILES string of the molecule is CNCC1CCCN1Cc1nc(C(C)C)no1.Cl. The van der Waals surface area contributed by atoms with Crippen LogP contribution < -0.4 is 5.32 Å². The van der Waals surface area contributed by atoms with Crippen molar-refractivity contribution >= 4 is 12.4 Å². The topological polar surface area (TPSA) is 54.2 Å². The number of aromatic nitrogens is 2. The molecule has 0 aromatic carbocycles. The quantitative estimate of drug-likeness (QED) is 0.887. The molecule has 0 bridgehead atoms. The lowest BCUT2D eigenvalue weighted by molar-refractivity contribution is 0.209. The second-order valence-electron chi connectivity index (χ2n) is 5.03. The van der Waals surface area contributed by atoms with E-state index in [-0.39, 0.29) is 12.4 Å². The van der Waals surface area contributed by atoms with Gasteiger partial charge in [-0.15, -0.1) is 12.4 Å². The third-order valence-corrected chi connectivity index (χ3v) is 3.28. The fraction of sp³-hybridized carbons (Fsp3) is 0.833. The molecule has 0 amide bonds. The number of likely N-dealkylation sites (tertiary alicyclic amines) is 1. The van der Waals surface area contributed by atoms with Crippen molar-refractivity contribution in [3.05, 3.63) is 11.7 Å². The molecule has 1 aromatic rings.